The summed E-state index contributed by atoms with van der Waals surface area (Å²) in [5.41, 5.74) is 2.68. The molecule has 1 aliphatic rings. The summed E-state index contributed by atoms with van der Waals surface area (Å²) in [6.07, 6.45) is 3.35. The molecule has 1 heterocycles. The van der Waals surface area contributed by atoms with Gasteiger partial charge >= 0.3 is 0 Å². The molecule has 1 N–H and O–H groups in total. The molecule has 1 aromatic heterocycles. The van der Waals surface area contributed by atoms with E-state index < -0.39 is 0 Å². The predicted octanol–water partition coefficient (Wildman–Crippen LogP) is 1.78. The normalized spacial score (nSPS) is 17.0. The lowest BCUT2D eigenvalue weighted by Gasteiger charge is -2.14. The van der Waals surface area contributed by atoms with Gasteiger partial charge in [0.25, 0.3) is 0 Å². The summed E-state index contributed by atoms with van der Waals surface area (Å²) in [6.45, 7) is 3.60. The van der Waals surface area contributed by atoms with Crippen molar-refractivity contribution in [1.82, 2.24) is 25.5 Å². The van der Waals surface area contributed by atoms with E-state index in [9.17, 15) is 0 Å². The Bertz CT molecular complexity index is 610. The van der Waals surface area contributed by atoms with E-state index in [2.05, 4.69) is 39.8 Å². The average Bonchev–Trinajstić information content (AvgIpc) is 3.09. The minimum Gasteiger partial charge on any atom is -0.485 e. The Morgan fingerprint density at radius 1 is 1.43 bits per heavy atom. The molecule has 1 aromatic carbocycles. The molecule has 0 aliphatic heterocycles. The zero-order valence-corrected chi connectivity index (χ0v) is 12.5. The second kappa shape index (κ2) is 6.22. The molecule has 0 spiro atoms. The number of nitrogens with one attached hydrogen (secondary N) is 1. The number of rotatable bonds is 6. The SMILES string of the molecule is CCCNC1CCc2c(OCc3nnn(C)n3)cccc21. The van der Waals surface area contributed by atoms with Gasteiger partial charge in [-0.15, -0.1) is 10.2 Å². The summed E-state index contributed by atoms with van der Waals surface area (Å²) >= 11 is 0. The van der Waals surface area contributed by atoms with E-state index in [4.69, 9.17) is 4.74 Å². The number of hydrogen-bond acceptors (Lipinski definition) is 5. The van der Waals surface area contributed by atoms with Gasteiger partial charge in [0.05, 0.1) is 7.05 Å². The highest BCUT2D eigenvalue weighted by Crippen LogP contribution is 2.37. The highest BCUT2D eigenvalue weighted by molar-refractivity contribution is 5.45. The van der Waals surface area contributed by atoms with Gasteiger partial charge in [-0.2, -0.15) is 4.80 Å². The smallest absolute Gasteiger partial charge is 0.212 e. The molecular formula is C15H21N5O. The van der Waals surface area contributed by atoms with Crippen LogP contribution in [0.2, 0.25) is 0 Å². The molecule has 6 nitrogen and oxygen atoms in total. The Labute approximate surface area is 124 Å². The summed E-state index contributed by atoms with van der Waals surface area (Å²) < 4.78 is 5.89. The van der Waals surface area contributed by atoms with Gasteiger partial charge in [-0.25, -0.2) is 0 Å². The van der Waals surface area contributed by atoms with Crippen molar-refractivity contribution in [2.75, 3.05) is 6.54 Å². The fourth-order valence-electron chi connectivity index (χ4n) is 2.81. The first-order valence-electron chi connectivity index (χ1n) is 7.48. The van der Waals surface area contributed by atoms with Crippen LogP contribution in [0.4, 0.5) is 0 Å². The second-order valence-electron chi connectivity index (χ2n) is 5.35. The molecule has 1 unspecified atom stereocenters. The first-order valence-corrected chi connectivity index (χ1v) is 7.48. The van der Waals surface area contributed by atoms with Gasteiger partial charge in [0.15, 0.2) is 6.61 Å². The Kier molecular flexibility index (Phi) is 4.15. The maximum atomic E-state index is 5.89. The lowest BCUT2D eigenvalue weighted by atomic mass is 10.1. The summed E-state index contributed by atoms with van der Waals surface area (Å²) in [5, 5.41) is 15.5. The van der Waals surface area contributed by atoms with Crippen molar-refractivity contribution in [2.24, 2.45) is 7.05 Å². The molecule has 0 saturated heterocycles. The molecule has 1 atom stereocenters. The van der Waals surface area contributed by atoms with Crippen LogP contribution in [0, 0.1) is 0 Å². The average molecular weight is 287 g/mol. The van der Waals surface area contributed by atoms with Crippen LogP contribution in [-0.4, -0.2) is 26.8 Å². The van der Waals surface area contributed by atoms with Gasteiger partial charge in [0.1, 0.15) is 5.75 Å². The van der Waals surface area contributed by atoms with Crippen LogP contribution < -0.4 is 10.1 Å². The first-order chi connectivity index (χ1) is 10.3. The molecule has 0 radical (unpaired) electrons. The van der Waals surface area contributed by atoms with Gasteiger partial charge in [0.2, 0.25) is 5.82 Å². The van der Waals surface area contributed by atoms with Crippen LogP contribution in [-0.2, 0) is 20.1 Å². The van der Waals surface area contributed by atoms with E-state index in [1.807, 2.05) is 6.07 Å². The molecule has 112 valence electrons. The topological polar surface area (TPSA) is 64.9 Å². The summed E-state index contributed by atoms with van der Waals surface area (Å²) in [6, 6.07) is 6.74. The van der Waals surface area contributed by atoms with E-state index in [1.165, 1.54) is 15.9 Å². The first kappa shape index (κ1) is 14.0. The third-order valence-electron chi connectivity index (χ3n) is 3.77. The zero-order valence-electron chi connectivity index (χ0n) is 12.5. The minimum absolute atomic E-state index is 0.358. The monoisotopic (exact) mass is 287 g/mol. The highest BCUT2D eigenvalue weighted by atomic mass is 16.5. The summed E-state index contributed by atoms with van der Waals surface area (Å²) in [5.74, 6) is 1.55. The maximum absolute atomic E-state index is 5.89. The lowest BCUT2D eigenvalue weighted by molar-refractivity contribution is 0.292. The molecular weight excluding hydrogens is 266 g/mol. The predicted molar refractivity (Wildman–Crippen MR) is 78.9 cm³/mol. The van der Waals surface area contributed by atoms with Crippen molar-refractivity contribution in [3.8, 4) is 5.75 Å². The molecule has 0 bridgehead atoms. The Morgan fingerprint density at radius 2 is 2.33 bits per heavy atom. The quantitative estimate of drug-likeness (QED) is 0.877. The number of aromatic nitrogens is 4. The largest absolute Gasteiger partial charge is 0.485 e. The van der Waals surface area contributed by atoms with Crippen LogP contribution in [0.25, 0.3) is 0 Å². The van der Waals surface area contributed by atoms with Crippen LogP contribution in [0.5, 0.6) is 5.75 Å². The fourth-order valence-corrected chi connectivity index (χ4v) is 2.81. The van der Waals surface area contributed by atoms with Crippen molar-refractivity contribution >= 4 is 0 Å². The fraction of sp³-hybridized carbons (Fsp3) is 0.533. The number of fused-ring (bicyclic) bond motifs is 1. The van der Waals surface area contributed by atoms with E-state index in [0.717, 1.165) is 31.6 Å². The molecule has 1 aliphatic carbocycles. The summed E-state index contributed by atoms with van der Waals surface area (Å²) in [4.78, 5) is 1.44. The molecule has 0 saturated carbocycles. The standard InChI is InChI=1S/C15H21N5O/c1-3-9-16-13-8-7-12-11(13)5-4-6-14(12)21-10-15-17-19-20(2)18-15/h4-6,13,16H,3,7-10H2,1-2H3. The number of aryl methyl sites for hydroxylation is 1. The van der Waals surface area contributed by atoms with E-state index in [0.29, 0.717) is 18.5 Å². The van der Waals surface area contributed by atoms with Crippen LogP contribution >= 0.6 is 0 Å². The van der Waals surface area contributed by atoms with Gasteiger partial charge in [-0.05, 0) is 48.2 Å². The minimum atomic E-state index is 0.358. The van der Waals surface area contributed by atoms with Gasteiger partial charge in [-0.3, -0.25) is 0 Å². The van der Waals surface area contributed by atoms with Crippen LogP contribution in [0.3, 0.4) is 0 Å². The number of hydrogen-bond donors (Lipinski definition) is 1. The van der Waals surface area contributed by atoms with Crippen LogP contribution in [0.15, 0.2) is 18.2 Å². The number of tetrazole rings is 1. The maximum Gasteiger partial charge on any atom is 0.212 e. The Balaban J connectivity index is 1.71. The van der Waals surface area contributed by atoms with Gasteiger partial charge in [0, 0.05) is 6.04 Å². The van der Waals surface area contributed by atoms with Crippen molar-refractivity contribution in [1.29, 1.82) is 0 Å². The van der Waals surface area contributed by atoms with Crippen molar-refractivity contribution in [3.05, 3.63) is 35.2 Å². The lowest BCUT2D eigenvalue weighted by Crippen LogP contribution is -2.19. The molecule has 0 fully saturated rings. The molecule has 21 heavy (non-hydrogen) atoms. The Hall–Kier alpha value is -1.95. The highest BCUT2D eigenvalue weighted by Gasteiger charge is 2.24. The van der Waals surface area contributed by atoms with Gasteiger partial charge < -0.3 is 10.1 Å². The number of ether oxygens (including phenoxy) is 1. The molecule has 0 amide bonds. The molecule has 3 rings (SSSR count). The van der Waals surface area contributed by atoms with E-state index >= 15 is 0 Å². The zero-order chi connectivity index (χ0) is 14.7. The van der Waals surface area contributed by atoms with Crippen LogP contribution in [0.1, 0.15) is 42.8 Å². The molecule has 6 heteroatoms. The van der Waals surface area contributed by atoms with Gasteiger partial charge in [-0.1, -0.05) is 19.1 Å². The third-order valence-corrected chi connectivity index (χ3v) is 3.77. The number of benzene rings is 1. The van der Waals surface area contributed by atoms with Crippen molar-refractivity contribution < 1.29 is 4.74 Å². The van der Waals surface area contributed by atoms with E-state index in [-0.39, 0.29) is 0 Å². The van der Waals surface area contributed by atoms with E-state index in [1.54, 1.807) is 7.05 Å². The summed E-state index contributed by atoms with van der Waals surface area (Å²) in [7, 11) is 1.75. The third kappa shape index (κ3) is 3.05. The number of nitrogens with zero attached hydrogens (tertiary/aromatic N) is 4. The molecule has 2 aromatic rings. The second-order valence-corrected chi connectivity index (χ2v) is 5.35. The Morgan fingerprint density at radius 3 is 3.10 bits per heavy atom. The van der Waals surface area contributed by atoms with Crippen molar-refractivity contribution in [3.63, 3.8) is 0 Å². The van der Waals surface area contributed by atoms with Crippen molar-refractivity contribution in [2.45, 2.75) is 38.8 Å².